The molecule has 1 aromatic rings. The molecule has 1 rings (SSSR count). The number of halogens is 2. The third-order valence-corrected chi connectivity index (χ3v) is 4.86. The van der Waals surface area contributed by atoms with Crippen molar-refractivity contribution in [3.8, 4) is 0 Å². The van der Waals surface area contributed by atoms with Gasteiger partial charge < -0.3 is 4.74 Å². The number of methoxy groups -OCH3 is 1. The Labute approximate surface area is 121 Å². The summed E-state index contributed by atoms with van der Waals surface area (Å²) in [5.41, 5.74) is 0. The Balaban J connectivity index is 2.99. The van der Waals surface area contributed by atoms with Crippen molar-refractivity contribution >= 4 is 37.6 Å². The summed E-state index contributed by atoms with van der Waals surface area (Å²) < 4.78 is 32.5. The second-order valence-corrected chi connectivity index (χ2v) is 6.76. The molecule has 0 aromatic heterocycles. The quantitative estimate of drug-likeness (QED) is 0.852. The van der Waals surface area contributed by atoms with Crippen molar-refractivity contribution in [2.45, 2.75) is 24.3 Å². The smallest absolute Gasteiger partial charge is 0.242 e. The van der Waals surface area contributed by atoms with Crippen molar-refractivity contribution in [3.05, 3.63) is 27.7 Å². The Morgan fingerprint density at radius 3 is 2.67 bits per heavy atom. The Kier molecular flexibility index (Phi) is 6.07. The van der Waals surface area contributed by atoms with E-state index < -0.39 is 10.0 Å². The maximum atomic E-state index is 12.1. The van der Waals surface area contributed by atoms with Gasteiger partial charge in [0.15, 0.2) is 0 Å². The molecule has 1 atom stereocenters. The van der Waals surface area contributed by atoms with E-state index in [1.165, 1.54) is 13.2 Å². The number of hydrogen-bond acceptors (Lipinski definition) is 3. The summed E-state index contributed by atoms with van der Waals surface area (Å²) in [5, 5.41) is 0.184. The largest absolute Gasteiger partial charge is 0.383 e. The molecule has 18 heavy (non-hydrogen) atoms. The number of rotatable bonds is 6. The van der Waals surface area contributed by atoms with Gasteiger partial charge in [0.2, 0.25) is 10.0 Å². The molecular formula is C11H15BrClNO3S. The molecule has 0 aliphatic rings. The summed E-state index contributed by atoms with van der Waals surface area (Å²) >= 11 is 9.17. The molecule has 1 unspecified atom stereocenters. The highest BCUT2D eigenvalue weighted by atomic mass is 79.9. The summed E-state index contributed by atoms with van der Waals surface area (Å²) in [6, 6.07) is 4.39. The average molecular weight is 357 g/mol. The van der Waals surface area contributed by atoms with E-state index in [1.807, 2.05) is 6.92 Å². The summed E-state index contributed by atoms with van der Waals surface area (Å²) in [5.74, 6) is 0. The van der Waals surface area contributed by atoms with Gasteiger partial charge in [-0.15, -0.1) is 0 Å². The molecule has 0 saturated carbocycles. The Hall–Kier alpha value is -0.140. The topological polar surface area (TPSA) is 55.4 Å². The zero-order valence-electron chi connectivity index (χ0n) is 10.1. The standard InChI is InChI=1S/C11H15BrClNO3S/c1-3-9(7-17-2)14-18(15,16)11-5-4-8(12)6-10(11)13/h4-6,9,14H,3,7H2,1-2H3. The predicted molar refractivity (Wildman–Crippen MR) is 75.4 cm³/mol. The highest BCUT2D eigenvalue weighted by Crippen LogP contribution is 2.25. The summed E-state index contributed by atoms with van der Waals surface area (Å²) in [4.78, 5) is 0.0712. The van der Waals surface area contributed by atoms with Gasteiger partial charge in [-0.3, -0.25) is 0 Å². The lowest BCUT2D eigenvalue weighted by Gasteiger charge is -2.16. The molecule has 0 aliphatic heterocycles. The molecule has 1 N–H and O–H groups in total. The van der Waals surface area contributed by atoms with Crippen LogP contribution in [0.15, 0.2) is 27.6 Å². The highest BCUT2D eigenvalue weighted by molar-refractivity contribution is 9.10. The van der Waals surface area contributed by atoms with Crippen LogP contribution in [0.4, 0.5) is 0 Å². The fourth-order valence-electron chi connectivity index (χ4n) is 1.41. The van der Waals surface area contributed by atoms with E-state index in [9.17, 15) is 8.42 Å². The van der Waals surface area contributed by atoms with Crippen LogP contribution in [0.25, 0.3) is 0 Å². The number of hydrogen-bond donors (Lipinski definition) is 1. The van der Waals surface area contributed by atoms with Crippen molar-refractivity contribution in [1.82, 2.24) is 4.72 Å². The second kappa shape index (κ2) is 6.86. The molecule has 0 radical (unpaired) electrons. The molecular weight excluding hydrogens is 342 g/mol. The van der Waals surface area contributed by atoms with Crippen LogP contribution in [-0.4, -0.2) is 28.2 Å². The first kappa shape index (κ1) is 15.9. The zero-order valence-corrected chi connectivity index (χ0v) is 13.3. The monoisotopic (exact) mass is 355 g/mol. The van der Waals surface area contributed by atoms with Crippen LogP contribution in [-0.2, 0) is 14.8 Å². The minimum atomic E-state index is -3.62. The van der Waals surface area contributed by atoms with E-state index in [1.54, 1.807) is 12.1 Å². The lowest BCUT2D eigenvalue weighted by molar-refractivity contribution is 0.173. The normalized spacial score (nSPS) is 13.6. The van der Waals surface area contributed by atoms with Crippen LogP contribution in [0.3, 0.4) is 0 Å². The van der Waals surface area contributed by atoms with Gasteiger partial charge in [-0.2, -0.15) is 0 Å². The lowest BCUT2D eigenvalue weighted by atomic mass is 10.3. The molecule has 102 valence electrons. The van der Waals surface area contributed by atoms with Gasteiger partial charge in [-0.05, 0) is 24.6 Å². The van der Waals surface area contributed by atoms with E-state index in [0.717, 1.165) is 4.47 Å². The minimum absolute atomic E-state index is 0.0712. The molecule has 0 aliphatic carbocycles. The average Bonchev–Trinajstić information content (AvgIpc) is 2.27. The van der Waals surface area contributed by atoms with Gasteiger partial charge in [0.05, 0.1) is 11.6 Å². The van der Waals surface area contributed by atoms with Crippen molar-refractivity contribution in [1.29, 1.82) is 0 Å². The van der Waals surface area contributed by atoms with E-state index in [2.05, 4.69) is 20.7 Å². The molecule has 0 saturated heterocycles. The third-order valence-electron chi connectivity index (χ3n) is 2.37. The first-order chi connectivity index (χ1) is 8.40. The molecule has 0 heterocycles. The van der Waals surface area contributed by atoms with Gasteiger partial charge in [-0.25, -0.2) is 13.1 Å². The molecule has 1 aromatic carbocycles. The SMILES string of the molecule is CCC(COC)NS(=O)(=O)c1ccc(Br)cc1Cl. The van der Waals surface area contributed by atoms with Crippen LogP contribution in [0.5, 0.6) is 0 Å². The van der Waals surface area contributed by atoms with Crippen LogP contribution in [0.1, 0.15) is 13.3 Å². The van der Waals surface area contributed by atoms with Gasteiger partial charge in [0, 0.05) is 17.6 Å². The summed E-state index contributed by atoms with van der Waals surface area (Å²) in [6.45, 7) is 2.21. The summed E-state index contributed by atoms with van der Waals surface area (Å²) in [7, 11) is -2.09. The van der Waals surface area contributed by atoms with Gasteiger partial charge >= 0.3 is 0 Å². The van der Waals surface area contributed by atoms with Gasteiger partial charge in [0.1, 0.15) is 4.90 Å². The fourth-order valence-corrected chi connectivity index (χ4v) is 3.75. The highest BCUT2D eigenvalue weighted by Gasteiger charge is 2.21. The van der Waals surface area contributed by atoms with E-state index in [-0.39, 0.29) is 16.0 Å². The van der Waals surface area contributed by atoms with Gasteiger partial charge in [-0.1, -0.05) is 34.5 Å². The molecule has 7 heteroatoms. The zero-order chi connectivity index (χ0) is 13.8. The number of nitrogens with one attached hydrogen (secondary N) is 1. The molecule has 0 spiro atoms. The number of ether oxygens (including phenoxy) is 1. The number of sulfonamides is 1. The van der Waals surface area contributed by atoms with E-state index in [4.69, 9.17) is 16.3 Å². The van der Waals surface area contributed by atoms with Crippen molar-refractivity contribution in [3.63, 3.8) is 0 Å². The Morgan fingerprint density at radius 1 is 1.50 bits per heavy atom. The Morgan fingerprint density at radius 2 is 2.17 bits per heavy atom. The second-order valence-electron chi connectivity index (χ2n) is 3.76. The van der Waals surface area contributed by atoms with E-state index >= 15 is 0 Å². The van der Waals surface area contributed by atoms with Crippen molar-refractivity contribution < 1.29 is 13.2 Å². The molecule has 0 bridgehead atoms. The number of benzene rings is 1. The van der Waals surface area contributed by atoms with Crippen molar-refractivity contribution in [2.75, 3.05) is 13.7 Å². The van der Waals surface area contributed by atoms with Gasteiger partial charge in [0.25, 0.3) is 0 Å². The minimum Gasteiger partial charge on any atom is -0.383 e. The van der Waals surface area contributed by atoms with Crippen LogP contribution in [0.2, 0.25) is 5.02 Å². The van der Waals surface area contributed by atoms with Crippen LogP contribution >= 0.6 is 27.5 Å². The maximum absolute atomic E-state index is 12.1. The Bertz CT molecular complexity index is 507. The van der Waals surface area contributed by atoms with Crippen LogP contribution in [0, 0.1) is 0 Å². The predicted octanol–water partition coefficient (Wildman–Crippen LogP) is 2.81. The first-order valence-corrected chi connectivity index (χ1v) is 8.02. The third kappa shape index (κ3) is 4.20. The summed E-state index contributed by atoms with van der Waals surface area (Å²) in [6.07, 6.45) is 0.640. The fraction of sp³-hybridized carbons (Fsp3) is 0.455. The van der Waals surface area contributed by atoms with Crippen LogP contribution < -0.4 is 4.72 Å². The molecule has 0 amide bonds. The molecule has 4 nitrogen and oxygen atoms in total. The maximum Gasteiger partial charge on any atom is 0.242 e. The lowest BCUT2D eigenvalue weighted by Crippen LogP contribution is -2.37. The van der Waals surface area contributed by atoms with Crippen molar-refractivity contribution in [2.24, 2.45) is 0 Å². The first-order valence-electron chi connectivity index (χ1n) is 5.37. The van der Waals surface area contributed by atoms with E-state index in [0.29, 0.717) is 13.0 Å². The molecule has 0 fully saturated rings.